The first-order valence-electron chi connectivity index (χ1n) is 8.51. The fourth-order valence-corrected chi connectivity index (χ4v) is 4.27. The van der Waals surface area contributed by atoms with Gasteiger partial charge in [-0.25, -0.2) is 24.2 Å². The predicted molar refractivity (Wildman–Crippen MR) is 101 cm³/mol. The second-order valence-electron chi connectivity index (χ2n) is 6.43. The highest BCUT2D eigenvalue weighted by atomic mass is 32.2. The summed E-state index contributed by atoms with van der Waals surface area (Å²) in [6, 6.07) is 1.74. The zero-order chi connectivity index (χ0) is 21.6. The van der Waals surface area contributed by atoms with Crippen molar-refractivity contribution in [3.63, 3.8) is 0 Å². The van der Waals surface area contributed by atoms with Gasteiger partial charge < -0.3 is 20.0 Å². The first-order valence-corrected chi connectivity index (χ1v) is 10.8. The van der Waals surface area contributed by atoms with Crippen molar-refractivity contribution in [2.75, 3.05) is 12.3 Å². The number of aliphatic hydroxyl groups excluding tert-OH is 1. The average molecular weight is 460 g/mol. The monoisotopic (exact) mass is 460 g/mol. The van der Waals surface area contributed by atoms with E-state index in [1.165, 1.54) is 24.4 Å². The molecule has 4 atom stereocenters. The van der Waals surface area contributed by atoms with E-state index in [0.29, 0.717) is 16.2 Å². The second kappa shape index (κ2) is 7.75. The molecule has 5 N–H and O–H groups in total. The molecule has 0 saturated carbocycles. The number of aryl methyl sites for hydroxylation is 1. The Kier molecular flexibility index (Phi) is 5.41. The SMILES string of the molecule is Cc1occc1Sc1nn([C@@H]2O[C@H](COS(N)(=O)=O)[C@@H](O)[C@@H]2F)c2ncnc(N)c12. The first kappa shape index (κ1) is 21.0. The van der Waals surface area contributed by atoms with Crippen LogP contribution in [0.1, 0.15) is 12.0 Å². The van der Waals surface area contributed by atoms with E-state index in [1.807, 2.05) is 0 Å². The van der Waals surface area contributed by atoms with Gasteiger partial charge in [-0.3, -0.25) is 4.18 Å². The molecule has 1 aliphatic heterocycles. The molecule has 4 heterocycles. The van der Waals surface area contributed by atoms with Crippen LogP contribution >= 0.6 is 11.8 Å². The van der Waals surface area contributed by atoms with Gasteiger partial charge in [0, 0.05) is 0 Å². The summed E-state index contributed by atoms with van der Waals surface area (Å²) in [5.74, 6) is 0.771. The fourth-order valence-electron chi connectivity index (χ4n) is 3.00. The third kappa shape index (κ3) is 3.86. The highest BCUT2D eigenvalue weighted by Crippen LogP contribution is 2.40. The summed E-state index contributed by atoms with van der Waals surface area (Å²) >= 11 is 1.21. The van der Waals surface area contributed by atoms with Crippen molar-refractivity contribution in [2.45, 2.75) is 41.5 Å². The van der Waals surface area contributed by atoms with Crippen LogP contribution in [0.25, 0.3) is 11.0 Å². The van der Waals surface area contributed by atoms with Crippen LogP contribution in [0.3, 0.4) is 0 Å². The number of anilines is 1. The summed E-state index contributed by atoms with van der Waals surface area (Å²) in [6.45, 7) is 1.11. The van der Waals surface area contributed by atoms with Crippen molar-refractivity contribution in [2.24, 2.45) is 5.14 Å². The van der Waals surface area contributed by atoms with E-state index in [1.54, 1.807) is 13.0 Å². The van der Waals surface area contributed by atoms with Gasteiger partial charge in [0.05, 0.1) is 23.2 Å². The van der Waals surface area contributed by atoms with Crippen molar-refractivity contribution in [1.82, 2.24) is 19.7 Å². The number of hydrogen-bond donors (Lipinski definition) is 3. The zero-order valence-corrected chi connectivity index (χ0v) is 17.0. The van der Waals surface area contributed by atoms with Gasteiger partial charge in [-0.2, -0.15) is 13.5 Å². The van der Waals surface area contributed by atoms with E-state index in [-0.39, 0.29) is 11.5 Å². The standard InChI is InChI=1S/C15H17FN6O6S2/c1-6-8(2-3-26-6)29-14-9-12(17)19-5-20-13(9)22(21-14)15-10(16)11(23)7(28-15)4-27-30(18,24)25/h2-3,5,7,10-11,15,23H,4H2,1H3,(H2,17,19,20)(H2,18,24,25)/t7-,10+,11-,15-/m1/s1. The van der Waals surface area contributed by atoms with E-state index in [0.717, 1.165) is 9.58 Å². The smallest absolute Gasteiger partial charge is 0.333 e. The van der Waals surface area contributed by atoms with Crippen LogP contribution in [0, 0.1) is 6.92 Å². The molecule has 1 aliphatic rings. The van der Waals surface area contributed by atoms with Crippen LogP contribution in [0.5, 0.6) is 0 Å². The highest BCUT2D eigenvalue weighted by molar-refractivity contribution is 7.99. The van der Waals surface area contributed by atoms with Crippen molar-refractivity contribution in [3.05, 3.63) is 24.4 Å². The number of halogens is 1. The third-order valence-corrected chi connectivity index (χ3v) is 6.02. The lowest BCUT2D eigenvalue weighted by atomic mass is 10.1. The van der Waals surface area contributed by atoms with Crippen LogP contribution in [0.4, 0.5) is 10.2 Å². The zero-order valence-electron chi connectivity index (χ0n) is 15.4. The maximum Gasteiger partial charge on any atom is 0.333 e. The Bertz CT molecular complexity index is 1180. The van der Waals surface area contributed by atoms with E-state index in [4.69, 9.17) is 20.0 Å². The van der Waals surface area contributed by atoms with Gasteiger partial charge in [0.25, 0.3) is 0 Å². The van der Waals surface area contributed by atoms with Gasteiger partial charge in [-0.1, -0.05) is 11.8 Å². The van der Waals surface area contributed by atoms with Crippen LogP contribution in [-0.4, -0.2) is 58.3 Å². The minimum absolute atomic E-state index is 0.123. The van der Waals surface area contributed by atoms with E-state index < -0.39 is 41.5 Å². The average Bonchev–Trinajstić information content (AvgIpc) is 3.32. The molecule has 0 bridgehead atoms. The van der Waals surface area contributed by atoms with Gasteiger partial charge in [-0.15, -0.1) is 0 Å². The molecule has 0 amide bonds. The minimum Gasteiger partial charge on any atom is -0.468 e. The summed E-state index contributed by atoms with van der Waals surface area (Å²) in [6.07, 6.45) is -3.64. The molecule has 0 aromatic carbocycles. The highest BCUT2D eigenvalue weighted by Gasteiger charge is 2.47. The van der Waals surface area contributed by atoms with Crippen LogP contribution in [0.2, 0.25) is 0 Å². The van der Waals surface area contributed by atoms with Gasteiger partial charge in [0.2, 0.25) is 0 Å². The lowest BCUT2D eigenvalue weighted by Crippen LogP contribution is -2.33. The molecule has 30 heavy (non-hydrogen) atoms. The number of rotatable bonds is 6. The number of aromatic nitrogens is 4. The van der Waals surface area contributed by atoms with E-state index in [2.05, 4.69) is 19.2 Å². The molecule has 4 rings (SSSR count). The summed E-state index contributed by atoms with van der Waals surface area (Å²) in [4.78, 5) is 8.84. The van der Waals surface area contributed by atoms with Crippen molar-refractivity contribution >= 4 is 38.9 Å². The Morgan fingerprint density at radius 2 is 2.20 bits per heavy atom. The number of nitrogen functional groups attached to an aromatic ring is 1. The Morgan fingerprint density at radius 1 is 1.43 bits per heavy atom. The number of hydrogen-bond acceptors (Lipinski definition) is 11. The maximum absolute atomic E-state index is 14.8. The van der Waals surface area contributed by atoms with Gasteiger partial charge in [0.15, 0.2) is 18.0 Å². The summed E-state index contributed by atoms with van der Waals surface area (Å²) < 4.78 is 53.1. The Balaban J connectivity index is 1.70. The largest absolute Gasteiger partial charge is 0.468 e. The fraction of sp³-hybridized carbons (Fsp3) is 0.400. The number of aliphatic hydroxyl groups is 1. The number of ether oxygens (including phenoxy) is 1. The van der Waals surface area contributed by atoms with Gasteiger partial charge >= 0.3 is 10.3 Å². The van der Waals surface area contributed by atoms with E-state index in [9.17, 15) is 17.9 Å². The summed E-state index contributed by atoms with van der Waals surface area (Å²) in [5, 5.41) is 20.0. The lowest BCUT2D eigenvalue weighted by Gasteiger charge is -2.14. The molecule has 3 aromatic heterocycles. The van der Waals surface area contributed by atoms with Gasteiger partial charge in [-0.05, 0) is 13.0 Å². The number of furan rings is 1. The molecule has 0 spiro atoms. The molecule has 0 radical (unpaired) electrons. The molecule has 1 saturated heterocycles. The molecule has 0 unspecified atom stereocenters. The number of alkyl halides is 1. The molecular formula is C15H17FN6O6S2. The first-order chi connectivity index (χ1) is 14.2. The number of nitrogens with zero attached hydrogens (tertiary/aromatic N) is 4. The summed E-state index contributed by atoms with van der Waals surface area (Å²) in [5.41, 5.74) is 6.17. The molecular weight excluding hydrogens is 443 g/mol. The van der Waals surface area contributed by atoms with Gasteiger partial charge in [0.1, 0.15) is 35.1 Å². The lowest BCUT2D eigenvalue weighted by molar-refractivity contribution is -0.0456. The maximum atomic E-state index is 14.8. The normalized spacial score (nSPS) is 24.7. The van der Waals surface area contributed by atoms with Crippen molar-refractivity contribution in [1.29, 1.82) is 0 Å². The molecule has 1 fully saturated rings. The van der Waals surface area contributed by atoms with E-state index >= 15 is 0 Å². The van der Waals surface area contributed by atoms with Crippen molar-refractivity contribution in [3.8, 4) is 0 Å². The Hall–Kier alpha value is -2.30. The molecule has 15 heteroatoms. The van der Waals surface area contributed by atoms with Crippen molar-refractivity contribution < 1.29 is 31.3 Å². The number of nitrogens with two attached hydrogens (primary N) is 2. The Morgan fingerprint density at radius 3 is 2.87 bits per heavy atom. The quantitative estimate of drug-likeness (QED) is 0.459. The molecule has 12 nitrogen and oxygen atoms in total. The molecule has 162 valence electrons. The summed E-state index contributed by atoms with van der Waals surface area (Å²) in [7, 11) is -4.29. The number of fused-ring (bicyclic) bond motifs is 1. The predicted octanol–water partition coefficient (Wildman–Crippen LogP) is 0.278. The van der Waals surface area contributed by atoms with Crippen LogP contribution in [-0.2, 0) is 19.2 Å². The third-order valence-electron chi connectivity index (χ3n) is 4.44. The van der Waals surface area contributed by atoms with Crippen LogP contribution < -0.4 is 10.9 Å². The topological polar surface area (TPSA) is 182 Å². The van der Waals surface area contributed by atoms with Crippen LogP contribution in [0.15, 0.2) is 33.0 Å². The Labute approximate surface area is 173 Å². The molecule has 3 aromatic rings. The molecule has 0 aliphatic carbocycles. The minimum atomic E-state index is -4.29. The second-order valence-corrected chi connectivity index (χ2v) is 8.68.